The zero-order valence-corrected chi connectivity index (χ0v) is 19.1. The first-order valence-electron chi connectivity index (χ1n) is 11.3. The summed E-state index contributed by atoms with van der Waals surface area (Å²) < 4.78 is 14.3. The van der Waals surface area contributed by atoms with Gasteiger partial charge in [0.05, 0.1) is 10.9 Å². The largest absolute Gasteiger partial charge is 0.370 e. The number of fused-ring (bicyclic) bond motifs is 2. The van der Waals surface area contributed by atoms with E-state index in [9.17, 15) is 4.39 Å². The minimum Gasteiger partial charge on any atom is -0.370 e. The third-order valence-corrected chi connectivity index (χ3v) is 6.11. The van der Waals surface area contributed by atoms with Gasteiger partial charge in [-0.3, -0.25) is 0 Å². The van der Waals surface area contributed by atoms with Crippen molar-refractivity contribution in [2.75, 3.05) is 17.2 Å². The zero-order chi connectivity index (χ0) is 22.9. The standard InChI is InChI=1S/C26H27FN6/c1-15-8-10-20(27)26-25(15)19(16(2)29-26)12-13-28-23-14-24(31-17(3)30-23)33-22-11-9-18-6-4-5-7-21(18)32-22/h4-7,9,11,14,29H,8,10,12-13H2,1-3H3,(H2,28,30,31,32,33). The molecule has 3 N–H and O–H groups in total. The molecule has 0 fully saturated rings. The van der Waals surface area contributed by atoms with Gasteiger partial charge >= 0.3 is 0 Å². The number of hydrogen-bond acceptors (Lipinski definition) is 5. The number of aryl methyl sites for hydroxylation is 2. The predicted octanol–water partition coefficient (Wildman–Crippen LogP) is 4.41. The molecule has 0 aliphatic heterocycles. The monoisotopic (exact) mass is 442 g/mol. The van der Waals surface area contributed by atoms with Crippen LogP contribution in [0.2, 0.25) is 0 Å². The molecule has 0 radical (unpaired) electrons. The van der Waals surface area contributed by atoms with Crippen molar-refractivity contribution in [3.63, 3.8) is 0 Å². The summed E-state index contributed by atoms with van der Waals surface area (Å²) in [6.07, 6.45) is 2.04. The van der Waals surface area contributed by atoms with Crippen molar-refractivity contribution < 1.29 is 4.39 Å². The molecule has 0 unspecified atom stereocenters. The fourth-order valence-corrected chi connectivity index (χ4v) is 4.50. The molecule has 7 heteroatoms. The van der Waals surface area contributed by atoms with Crippen molar-refractivity contribution in [2.24, 2.45) is 0 Å². The van der Waals surface area contributed by atoms with Gasteiger partial charge in [0.2, 0.25) is 0 Å². The second-order valence-corrected chi connectivity index (χ2v) is 8.54. The number of aromatic nitrogens is 4. The minimum absolute atomic E-state index is 0.0395. The second-order valence-electron chi connectivity index (χ2n) is 8.54. The summed E-state index contributed by atoms with van der Waals surface area (Å²) in [7, 11) is 0. The number of aromatic amines is 1. The Balaban J connectivity index is 1.33. The molecule has 0 saturated heterocycles. The molecule has 3 aromatic heterocycles. The molecule has 1 aliphatic rings. The third-order valence-electron chi connectivity index (χ3n) is 6.11. The van der Waals surface area contributed by atoms with Gasteiger partial charge in [0.25, 0.3) is 0 Å². The highest BCUT2D eigenvalue weighted by atomic mass is 19.1. The molecule has 0 saturated carbocycles. The SMILES string of the molecule is CC1=c2c(CCNc3cc(Nc4ccc5ccccc5n4)nc(C)n3)c(C)[nH]c2=C(F)CC1. The first-order chi connectivity index (χ1) is 16.0. The van der Waals surface area contributed by atoms with Crippen LogP contribution in [0.1, 0.15) is 36.8 Å². The van der Waals surface area contributed by atoms with Crippen molar-refractivity contribution >= 4 is 39.8 Å². The molecule has 5 rings (SSSR count). The topological polar surface area (TPSA) is 78.5 Å². The maximum Gasteiger partial charge on any atom is 0.137 e. The van der Waals surface area contributed by atoms with Crippen LogP contribution >= 0.6 is 0 Å². The Hall–Kier alpha value is -3.74. The fraction of sp³-hybridized carbons (Fsp3) is 0.269. The predicted molar refractivity (Wildman–Crippen MR) is 132 cm³/mol. The van der Waals surface area contributed by atoms with Gasteiger partial charge in [-0.2, -0.15) is 0 Å². The Morgan fingerprint density at radius 3 is 2.64 bits per heavy atom. The van der Waals surface area contributed by atoms with E-state index >= 15 is 0 Å². The highest BCUT2D eigenvalue weighted by molar-refractivity contribution is 5.80. The van der Waals surface area contributed by atoms with Crippen LogP contribution in [-0.2, 0) is 6.42 Å². The molecule has 6 nitrogen and oxygen atoms in total. The van der Waals surface area contributed by atoms with Crippen LogP contribution in [0.4, 0.5) is 21.8 Å². The highest BCUT2D eigenvalue weighted by Crippen LogP contribution is 2.20. The molecule has 0 atom stereocenters. The maximum absolute atomic E-state index is 14.3. The Labute approximate surface area is 191 Å². The van der Waals surface area contributed by atoms with Gasteiger partial charge in [0.1, 0.15) is 29.1 Å². The average Bonchev–Trinajstić information content (AvgIpc) is 3.13. The minimum atomic E-state index is -0.0395. The van der Waals surface area contributed by atoms with E-state index in [-0.39, 0.29) is 5.83 Å². The fourth-order valence-electron chi connectivity index (χ4n) is 4.50. The van der Waals surface area contributed by atoms with E-state index in [1.54, 1.807) is 0 Å². The summed E-state index contributed by atoms with van der Waals surface area (Å²) in [6, 6.07) is 13.9. The summed E-state index contributed by atoms with van der Waals surface area (Å²) in [5.41, 5.74) is 4.38. The number of nitrogens with one attached hydrogen (secondary N) is 3. The first kappa shape index (κ1) is 21.1. The van der Waals surface area contributed by atoms with Gasteiger partial charge in [0, 0.05) is 35.3 Å². The molecule has 4 aromatic rings. The quantitative estimate of drug-likeness (QED) is 0.412. The molecule has 33 heavy (non-hydrogen) atoms. The van der Waals surface area contributed by atoms with Gasteiger partial charge in [-0.05, 0) is 57.4 Å². The lowest BCUT2D eigenvalue weighted by molar-refractivity contribution is 0.687. The number of rotatable bonds is 6. The van der Waals surface area contributed by atoms with Crippen molar-refractivity contribution in [2.45, 2.75) is 40.0 Å². The number of nitrogens with zero attached hydrogens (tertiary/aromatic N) is 3. The van der Waals surface area contributed by atoms with E-state index in [1.165, 1.54) is 11.1 Å². The Bertz CT molecular complexity index is 1470. The van der Waals surface area contributed by atoms with Crippen LogP contribution in [0.15, 0.2) is 42.5 Å². The number of para-hydroxylation sites is 1. The average molecular weight is 443 g/mol. The van der Waals surface area contributed by atoms with E-state index in [0.717, 1.165) is 46.3 Å². The number of hydrogen-bond donors (Lipinski definition) is 3. The van der Waals surface area contributed by atoms with Gasteiger partial charge in [0.15, 0.2) is 0 Å². The summed E-state index contributed by atoms with van der Waals surface area (Å²) >= 11 is 0. The van der Waals surface area contributed by atoms with Crippen LogP contribution in [0.3, 0.4) is 0 Å². The third kappa shape index (κ3) is 4.31. The molecule has 3 heterocycles. The van der Waals surface area contributed by atoms with Gasteiger partial charge < -0.3 is 15.6 Å². The maximum atomic E-state index is 14.3. The number of anilines is 3. The summed E-state index contributed by atoms with van der Waals surface area (Å²) in [6.45, 7) is 6.67. The zero-order valence-electron chi connectivity index (χ0n) is 19.1. The Kier molecular flexibility index (Phi) is 5.54. The lowest BCUT2D eigenvalue weighted by atomic mass is 10.00. The molecule has 1 aliphatic carbocycles. The van der Waals surface area contributed by atoms with Crippen LogP contribution in [0.5, 0.6) is 0 Å². The van der Waals surface area contributed by atoms with Gasteiger partial charge in [-0.15, -0.1) is 0 Å². The van der Waals surface area contributed by atoms with Crippen molar-refractivity contribution in [3.05, 3.63) is 70.1 Å². The molecule has 0 spiro atoms. The van der Waals surface area contributed by atoms with E-state index in [0.29, 0.717) is 30.0 Å². The second kappa shape index (κ2) is 8.65. The lowest BCUT2D eigenvalue weighted by Crippen LogP contribution is -2.32. The molecule has 0 amide bonds. The van der Waals surface area contributed by atoms with Crippen molar-refractivity contribution in [1.29, 1.82) is 0 Å². The molecular weight excluding hydrogens is 415 g/mol. The Morgan fingerprint density at radius 1 is 0.939 bits per heavy atom. The van der Waals surface area contributed by atoms with E-state index in [4.69, 9.17) is 0 Å². The van der Waals surface area contributed by atoms with E-state index in [2.05, 4.69) is 37.5 Å². The molecule has 0 bridgehead atoms. The number of pyridine rings is 1. The molecular formula is C26H27FN6. The summed E-state index contributed by atoms with van der Waals surface area (Å²) in [5, 5.41) is 9.51. The van der Waals surface area contributed by atoms with E-state index in [1.807, 2.05) is 56.3 Å². The van der Waals surface area contributed by atoms with Crippen molar-refractivity contribution in [1.82, 2.24) is 19.9 Å². The number of benzene rings is 1. The van der Waals surface area contributed by atoms with Crippen molar-refractivity contribution in [3.8, 4) is 0 Å². The van der Waals surface area contributed by atoms with Crippen LogP contribution in [0.25, 0.3) is 22.3 Å². The normalized spacial score (nSPS) is 13.3. The number of halogens is 1. The van der Waals surface area contributed by atoms with Crippen LogP contribution < -0.4 is 21.2 Å². The smallest absolute Gasteiger partial charge is 0.137 e. The van der Waals surface area contributed by atoms with Gasteiger partial charge in [-0.1, -0.05) is 23.8 Å². The van der Waals surface area contributed by atoms with Gasteiger partial charge in [-0.25, -0.2) is 19.3 Å². The highest BCUT2D eigenvalue weighted by Gasteiger charge is 2.15. The summed E-state index contributed by atoms with van der Waals surface area (Å²) in [5.74, 6) is 2.79. The molecule has 1 aromatic carbocycles. The van der Waals surface area contributed by atoms with E-state index < -0.39 is 0 Å². The lowest BCUT2D eigenvalue weighted by Gasteiger charge is -2.11. The van der Waals surface area contributed by atoms with Crippen LogP contribution in [-0.4, -0.2) is 26.5 Å². The number of H-pyrrole nitrogens is 1. The first-order valence-corrected chi connectivity index (χ1v) is 11.3. The van der Waals surface area contributed by atoms with Crippen LogP contribution in [0, 0.1) is 13.8 Å². The summed E-state index contributed by atoms with van der Waals surface area (Å²) in [4.78, 5) is 16.9. The Morgan fingerprint density at radius 2 is 1.76 bits per heavy atom. The molecule has 168 valence electrons.